The molecule has 1 aliphatic rings. The van der Waals surface area contributed by atoms with E-state index in [2.05, 4.69) is 73.9 Å². The van der Waals surface area contributed by atoms with Gasteiger partial charge >= 0.3 is 0 Å². The smallest absolute Gasteiger partial charge is 0.223 e. The van der Waals surface area contributed by atoms with E-state index >= 15 is 0 Å². The molecule has 3 aromatic carbocycles. The van der Waals surface area contributed by atoms with Crippen LogP contribution in [0.2, 0.25) is 0 Å². The van der Waals surface area contributed by atoms with Crippen LogP contribution in [0.3, 0.4) is 0 Å². The van der Waals surface area contributed by atoms with Crippen LogP contribution in [-0.4, -0.2) is 33.5 Å². The zero-order chi connectivity index (χ0) is 24.4. The molecule has 0 radical (unpaired) electrons. The second kappa shape index (κ2) is 9.95. The number of para-hydroxylation sites is 2. The summed E-state index contributed by atoms with van der Waals surface area (Å²) in [7, 11) is 0. The van der Waals surface area contributed by atoms with Crippen molar-refractivity contribution >= 4 is 16.9 Å². The van der Waals surface area contributed by atoms with Crippen molar-refractivity contribution in [2.45, 2.75) is 52.1 Å². The van der Waals surface area contributed by atoms with Crippen LogP contribution in [0.15, 0.2) is 72.8 Å². The van der Waals surface area contributed by atoms with Gasteiger partial charge in [-0.15, -0.1) is 0 Å². The number of nitrogens with zero attached hydrogens (tertiary/aromatic N) is 3. The van der Waals surface area contributed by atoms with Crippen LogP contribution in [0.4, 0.5) is 0 Å². The Bertz CT molecular complexity index is 1330. The van der Waals surface area contributed by atoms with Crippen molar-refractivity contribution in [2.24, 2.45) is 0 Å². The molecule has 35 heavy (non-hydrogen) atoms. The summed E-state index contributed by atoms with van der Waals surface area (Å²) < 4.78 is 8.39. The molecule has 0 spiro atoms. The molecule has 1 fully saturated rings. The number of imidazole rings is 1. The first-order valence-corrected chi connectivity index (χ1v) is 12.5. The number of hydrogen-bond acceptors (Lipinski definition) is 3. The minimum Gasteiger partial charge on any atom is -0.493 e. The molecule has 0 aliphatic carbocycles. The van der Waals surface area contributed by atoms with Crippen molar-refractivity contribution < 1.29 is 9.53 Å². The quantitative estimate of drug-likeness (QED) is 0.290. The number of carbonyl (C=O) groups excluding carboxylic acids is 1. The van der Waals surface area contributed by atoms with Gasteiger partial charge in [0.1, 0.15) is 11.6 Å². The van der Waals surface area contributed by atoms with Crippen LogP contribution < -0.4 is 4.74 Å². The lowest BCUT2D eigenvalue weighted by molar-refractivity contribution is -0.129. The zero-order valence-electron chi connectivity index (χ0n) is 20.8. The first-order chi connectivity index (χ1) is 17.0. The van der Waals surface area contributed by atoms with Gasteiger partial charge in [-0.25, -0.2) is 4.98 Å². The van der Waals surface area contributed by atoms with E-state index in [1.807, 2.05) is 29.2 Å². The van der Waals surface area contributed by atoms with E-state index in [1.165, 1.54) is 11.1 Å². The van der Waals surface area contributed by atoms with E-state index in [-0.39, 0.29) is 17.9 Å². The fourth-order valence-corrected chi connectivity index (χ4v) is 5.20. The third-order valence-corrected chi connectivity index (χ3v) is 7.07. The highest BCUT2D eigenvalue weighted by Crippen LogP contribution is 2.35. The number of ether oxygens (including phenoxy) is 1. The molecule has 5 nitrogen and oxygen atoms in total. The average Bonchev–Trinajstić information content (AvgIpc) is 3.43. The molecule has 4 aromatic rings. The van der Waals surface area contributed by atoms with Gasteiger partial charge in [0.2, 0.25) is 5.91 Å². The molecule has 2 atom stereocenters. The molecule has 2 heterocycles. The number of aromatic nitrogens is 2. The number of amides is 1. The van der Waals surface area contributed by atoms with Crippen molar-refractivity contribution in [3.05, 3.63) is 95.3 Å². The highest BCUT2D eigenvalue weighted by atomic mass is 16.5. The van der Waals surface area contributed by atoms with Crippen LogP contribution >= 0.6 is 0 Å². The van der Waals surface area contributed by atoms with Gasteiger partial charge in [-0.05, 0) is 56.5 Å². The summed E-state index contributed by atoms with van der Waals surface area (Å²) in [5, 5.41) is 0. The molecule has 1 aliphatic heterocycles. The molecule has 0 bridgehead atoms. The van der Waals surface area contributed by atoms with Crippen LogP contribution in [0, 0.1) is 13.8 Å². The largest absolute Gasteiger partial charge is 0.493 e. The average molecular weight is 468 g/mol. The standard InChI is InChI=1S/C30H33N3O2/c1-21-14-15-28(22(2)18-21)35-17-9-16-32-27-13-8-7-12-26(27)31-30(32)25-19-29(34)33(20-25)23(3)24-10-5-4-6-11-24/h4-8,10-15,18,23,25H,9,16-17,19-20H2,1-3H3. The van der Waals surface area contributed by atoms with E-state index in [9.17, 15) is 4.79 Å². The van der Waals surface area contributed by atoms with Gasteiger partial charge in [-0.2, -0.15) is 0 Å². The Morgan fingerprint density at radius 3 is 2.60 bits per heavy atom. The van der Waals surface area contributed by atoms with Crippen LogP contribution in [0.25, 0.3) is 11.0 Å². The minimum atomic E-state index is 0.0534. The normalized spacial score (nSPS) is 16.7. The predicted molar refractivity (Wildman–Crippen MR) is 140 cm³/mol. The fourth-order valence-electron chi connectivity index (χ4n) is 5.20. The Balaban J connectivity index is 1.33. The van der Waals surface area contributed by atoms with Crippen molar-refractivity contribution in [1.29, 1.82) is 0 Å². The summed E-state index contributed by atoms with van der Waals surface area (Å²) in [5.74, 6) is 2.23. The second-order valence-corrected chi connectivity index (χ2v) is 9.62. The topological polar surface area (TPSA) is 47.4 Å². The van der Waals surface area contributed by atoms with Crippen LogP contribution in [0.1, 0.15) is 54.2 Å². The predicted octanol–water partition coefficient (Wildman–Crippen LogP) is 6.20. The molecule has 1 saturated heterocycles. The number of rotatable bonds is 8. The molecule has 1 aromatic heterocycles. The van der Waals surface area contributed by atoms with Gasteiger partial charge < -0.3 is 14.2 Å². The maximum Gasteiger partial charge on any atom is 0.223 e. The van der Waals surface area contributed by atoms with Crippen molar-refractivity contribution in [1.82, 2.24) is 14.5 Å². The summed E-state index contributed by atoms with van der Waals surface area (Å²) >= 11 is 0. The summed E-state index contributed by atoms with van der Waals surface area (Å²) in [4.78, 5) is 20.0. The van der Waals surface area contributed by atoms with E-state index < -0.39 is 0 Å². The zero-order valence-corrected chi connectivity index (χ0v) is 20.8. The molecule has 0 N–H and O–H groups in total. The molecule has 1 amide bonds. The van der Waals surface area contributed by atoms with Crippen molar-refractivity contribution in [3.8, 4) is 5.75 Å². The van der Waals surface area contributed by atoms with Gasteiger partial charge in [-0.3, -0.25) is 4.79 Å². The number of aryl methyl sites for hydroxylation is 3. The van der Waals surface area contributed by atoms with E-state index in [0.29, 0.717) is 19.6 Å². The maximum absolute atomic E-state index is 13.0. The van der Waals surface area contributed by atoms with E-state index in [4.69, 9.17) is 9.72 Å². The number of benzene rings is 3. The fraction of sp³-hybridized carbons (Fsp3) is 0.333. The summed E-state index contributed by atoms with van der Waals surface area (Å²) in [6, 6.07) is 24.9. The first kappa shape index (κ1) is 23.2. The third-order valence-electron chi connectivity index (χ3n) is 7.07. The van der Waals surface area contributed by atoms with E-state index in [0.717, 1.165) is 41.1 Å². The van der Waals surface area contributed by atoms with Gasteiger partial charge in [-0.1, -0.05) is 60.2 Å². The molecular weight excluding hydrogens is 434 g/mol. The van der Waals surface area contributed by atoms with Gasteiger partial charge in [0.15, 0.2) is 0 Å². The first-order valence-electron chi connectivity index (χ1n) is 12.5. The Hall–Kier alpha value is -3.60. The number of likely N-dealkylation sites (tertiary alicyclic amines) is 1. The van der Waals surface area contributed by atoms with Crippen LogP contribution in [-0.2, 0) is 11.3 Å². The van der Waals surface area contributed by atoms with Crippen LogP contribution in [0.5, 0.6) is 5.75 Å². The summed E-state index contributed by atoms with van der Waals surface area (Å²) in [6.45, 7) is 8.43. The second-order valence-electron chi connectivity index (χ2n) is 9.62. The number of fused-ring (bicyclic) bond motifs is 1. The third kappa shape index (κ3) is 4.81. The molecule has 5 rings (SSSR count). The van der Waals surface area contributed by atoms with Gasteiger partial charge in [0, 0.05) is 25.4 Å². The van der Waals surface area contributed by atoms with E-state index in [1.54, 1.807) is 0 Å². The minimum absolute atomic E-state index is 0.0534. The highest BCUT2D eigenvalue weighted by Gasteiger charge is 2.36. The summed E-state index contributed by atoms with van der Waals surface area (Å²) in [5.41, 5.74) is 5.68. The lowest BCUT2D eigenvalue weighted by atomic mass is 10.1. The molecule has 180 valence electrons. The molecule has 5 heteroatoms. The SMILES string of the molecule is Cc1ccc(OCCCn2c(C3CC(=O)N(C(C)c4ccccc4)C3)nc3ccccc32)c(C)c1. The van der Waals surface area contributed by atoms with Gasteiger partial charge in [0.25, 0.3) is 0 Å². The lowest BCUT2D eigenvalue weighted by Gasteiger charge is -2.25. The molecule has 0 saturated carbocycles. The Labute approximate surface area is 207 Å². The van der Waals surface area contributed by atoms with Crippen molar-refractivity contribution in [2.75, 3.05) is 13.2 Å². The Kier molecular flexibility index (Phi) is 6.58. The van der Waals surface area contributed by atoms with Gasteiger partial charge in [0.05, 0.1) is 23.7 Å². The Morgan fingerprint density at radius 1 is 1.03 bits per heavy atom. The monoisotopic (exact) mass is 467 g/mol. The van der Waals surface area contributed by atoms with Crippen molar-refractivity contribution in [3.63, 3.8) is 0 Å². The highest BCUT2D eigenvalue weighted by molar-refractivity contribution is 5.81. The molecule has 2 unspecified atom stereocenters. The molecular formula is C30H33N3O2. The lowest BCUT2D eigenvalue weighted by Crippen LogP contribution is -2.28. The summed E-state index contributed by atoms with van der Waals surface area (Å²) in [6.07, 6.45) is 1.37. The number of hydrogen-bond donors (Lipinski definition) is 0. The Morgan fingerprint density at radius 2 is 1.80 bits per heavy atom. The number of carbonyl (C=O) groups is 1. The maximum atomic E-state index is 13.0.